The molecule has 2 rings (SSSR count). The Bertz CT molecular complexity index is 258. The molecule has 1 unspecified atom stereocenters. The van der Waals surface area contributed by atoms with Crippen LogP contribution in [0.15, 0.2) is 0 Å². The van der Waals surface area contributed by atoms with Gasteiger partial charge in [0.1, 0.15) is 0 Å². The first-order valence-corrected chi connectivity index (χ1v) is 7.90. The molecule has 1 aliphatic carbocycles. The van der Waals surface area contributed by atoms with Gasteiger partial charge in [0.25, 0.3) is 0 Å². The zero-order valence-corrected chi connectivity index (χ0v) is 12.7. The van der Waals surface area contributed by atoms with Gasteiger partial charge in [0.05, 0.1) is 0 Å². The summed E-state index contributed by atoms with van der Waals surface area (Å²) in [7, 11) is 4.44. The topological polar surface area (TPSA) is 50.5 Å². The predicted octanol–water partition coefficient (Wildman–Crippen LogP) is 1.90. The van der Waals surface area contributed by atoms with Crippen LogP contribution < -0.4 is 11.3 Å². The average Bonchev–Trinajstić information content (AvgIpc) is 2.46. The van der Waals surface area contributed by atoms with Crippen molar-refractivity contribution in [1.29, 1.82) is 0 Å². The zero-order valence-electron chi connectivity index (χ0n) is 12.7. The fourth-order valence-corrected chi connectivity index (χ4v) is 4.03. The Labute approximate surface area is 118 Å². The van der Waals surface area contributed by atoms with Crippen LogP contribution in [0.5, 0.6) is 0 Å². The van der Waals surface area contributed by atoms with E-state index in [2.05, 4.69) is 24.4 Å². The third kappa shape index (κ3) is 3.48. The lowest BCUT2D eigenvalue weighted by atomic mass is 9.72. The van der Waals surface area contributed by atoms with Crippen LogP contribution in [0.1, 0.15) is 51.4 Å². The molecule has 1 atom stereocenters. The Morgan fingerprint density at radius 1 is 1.21 bits per heavy atom. The van der Waals surface area contributed by atoms with E-state index in [1.807, 2.05) is 0 Å². The lowest BCUT2D eigenvalue weighted by molar-refractivity contribution is 0.0231. The largest absolute Gasteiger partial charge is 0.381 e. The Hall–Kier alpha value is -0.160. The third-order valence-corrected chi connectivity index (χ3v) is 5.37. The van der Waals surface area contributed by atoms with Crippen molar-refractivity contribution < 1.29 is 4.74 Å². The van der Waals surface area contributed by atoms with Crippen LogP contribution >= 0.6 is 0 Å². The van der Waals surface area contributed by atoms with E-state index in [0.29, 0.717) is 6.04 Å². The van der Waals surface area contributed by atoms with E-state index >= 15 is 0 Å². The molecule has 2 aliphatic rings. The van der Waals surface area contributed by atoms with Crippen molar-refractivity contribution in [2.75, 3.05) is 27.3 Å². The van der Waals surface area contributed by atoms with Crippen molar-refractivity contribution in [2.24, 2.45) is 11.8 Å². The van der Waals surface area contributed by atoms with Gasteiger partial charge in [-0.2, -0.15) is 0 Å². The van der Waals surface area contributed by atoms with E-state index in [-0.39, 0.29) is 5.54 Å². The molecule has 0 amide bonds. The SMILES string of the molecule is CN(C)C1(C(CC2CCOCC2)NN)CCCCC1. The van der Waals surface area contributed by atoms with E-state index < -0.39 is 0 Å². The molecule has 19 heavy (non-hydrogen) atoms. The molecule has 3 N–H and O–H groups in total. The van der Waals surface area contributed by atoms with E-state index in [1.54, 1.807) is 0 Å². The molecule has 2 fully saturated rings. The van der Waals surface area contributed by atoms with Crippen LogP contribution in [0.2, 0.25) is 0 Å². The molecular weight excluding hydrogens is 238 g/mol. The summed E-state index contributed by atoms with van der Waals surface area (Å²) in [5.41, 5.74) is 3.41. The molecule has 1 heterocycles. The van der Waals surface area contributed by atoms with Gasteiger partial charge in [0.15, 0.2) is 0 Å². The Kier molecular flexibility index (Phi) is 5.63. The summed E-state index contributed by atoms with van der Waals surface area (Å²) in [6.07, 6.45) is 10.2. The quantitative estimate of drug-likeness (QED) is 0.591. The highest BCUT2D eigenvalue weighted by Crippen LogP contribution is 2.38. The van der Waals surface area contributed by atoms with Crippen LogP contribution in [0.4, 0.5) is 0 Å². The van der Waals surface area contributed by atoms with Crippen molar-refractivity contribution in [3.63, 3.8) is 0 Å². The summed E-state index contributed by atoms with van der Waals surface area (Å²) in [5, 5.41) is 0. The van der Waals surface area contributed by atoms with Gasteiger partial charge in [0.2, 0.25) is 0 Å². The van der Waals surface area contributed by atoms with Crippen LogP contribution in [0, 0.1) is 5.92 Å². The van der Waals surface area contributed by atoms with Gasteiger partial charge in [-0.05, 0) is 52.1 Å². The molecule has 4 nitrogen and oxygen atoms in total. The first-order valence-electron chi connectivity index (χ1n) is 7.90. The van der Waals surface area contributed by atoms with Crippen LogP contribution in [-0.4, -0.2) is 43.8 Å². The van der Waals surface area contributed by atoms with E-state index in [1.165, 1.54) is 51.4 Å². The molecule has 0 spiro atoms. The Morgan fingerprint density at radius 3 is 2.37 bits per heavy atom. The van der Waals surface area contributed by atoms with Crippen molar-refractivity contribution in [2.45, 2.75) is 62.9 Å². The maximum absolute atomic E-state index is 5.94. The standard InChI is InChI=1S/C15H31N3O/c1-18(2)15(8-4-3-5-9-15)14(17-16)12-13-6-10-19-11-7-13/h13-14,17H,3-12,16H2,1-2H3. The number of likely N-dealkylation sites (N-methyl/N-ethyl adjacent to an activating group) is 1. The van der Waals surface area contributed by atoms with Crippen LogP contribution in [-0.2, 0) is 4.74 Å². The number of hydrazine groups is 1. The second-order valence-electron chi connectivity index (χ2n) is 6.57. The van der Waals surface area contributed by atoms with Gasteiger partial charge in [-0.1, -0.05) is 19.3 Å². The number of hydrogen-bond donors (Lipinski definition) is 2. The number of nitrogens with two attached hydrogens (primary N) is 1. The highest BCUT2D eigenvalue weighted by atomic mass is 16.5. The minimum absolute atomic E-state index is 0.255. The molecule has 1 aliphatic heterocycles. The molecule has 1 saturated heterocycles. The van der Waals surface area contributed by atoms with Gasteiger partial charge in [0, 0.05) is 24.8 Å². The highest BCUT2D eigenvalue weighted by Gasteiger charge is 2.42. The smallest absolute Gasteiger partial charge is 0.0468 e. The molecule has 4 heteroatoms. The van der Waals surface area contributed by atoms with Crippen LogP contribution in [0.25, 0.3) is 0 Å². The summed E-state index contributed by atoms with van der Waals surface area (Å²) >= 11 is 0. The molecule has 0 aromatic carbocycles. The number of hydrogen-bond acceptors (Lipinski definition) is 4. The number of rotatable bonds is 5. The summed E-state index contributed by atoms with van der Waals surface area (Å²) in [4.78, 5) is 2.43. The second kappa shape index (κ2) is 7.02. The van der Waals surface area contributed by atoms with Gasteiger partial charge < -0.3 is 9.64 Å². The number of nitrogens with one attached hydrogen (secondary N) is 1. The summed E-state index contributed by atoms with van der Waals surface area (Å²) < 4.78 is 5.47. The summed E-state index contributed by atoms with van der Waals surface area (Å²) in [6.45, 7) is 1.86. The van der Waals surface area contributed by atoms with E-state index in [4.69, 9.17) is 10.6 Å². The maximum Gasteiger partial charge on any atom is 0.0468 e. The van der Waals surface area contributed by atoms with Gasteiger partial charge in [-0.15, -0.1) is 0 Å². The Balaban J connectivity index is 2.03. The minimum atomic E-state index is 0.255. The van der Waals surface area contributed by atoms with Gasteiger partial charge >= 0.3 is 0 Å². The number of nitrogens with zero attached hydrogens (tertiary/aromatic N) is 1. The average molecular weight is 269 g/mol. The molecular formula is C15H31N3O. The van der Waals surface area contributed by atoms with E-state index in [9.17, 15) is 0 Å². The monoisotopic (exact) mass is 269 g/mol. The lowest BCUT2D eigenvalue weighted by Gasteiger charge is -2.49. The molecule has 0 bridgehead atoms. The normalized spacial score (nSPS) is 26.5. The fraction of sp³-hybridized carbons (Fsp3) is 1.00. The first-order chi connectivity index (χ1) is 9.19. The number of ether oxygens (including phenoxy) is 1. The highest BCUT2D eigenvalue weighted by molar-refractivity contribution is 5.00. The minimum Gasteiger partial charge on any atom is -0.381 e. The molecule has 0 aromatic heterocycles. The molecule has 0 aromatic rings. The lowest BCUT2D eigenvalue weighted by Crippen LogP contribution is -2.62. The van der Waals surface area contributed by atoms with Crippen molar-refractivity contribution in [3.05, 3.63) is 0 Å². The second-order valence-corrected chi connectivity index (χ2v) is 6.57. The van der Waals surface area contributed by atoms with Crippen molar-refractivity contribution in [3.8, 4) is 0 Å². The van der Waals surface area contributed by atoms with E-state index in [0.717, 1.165) is 19.1 Å². The Morgan fingerprint density at radius 2 is 1.84 bits per heavy atom. The van der Waals surface area contributed by atoms with Gasteiger partial charge in [-0.3, -0.25) is 11.3 Å². The van der Waals surface area contributed by atoms with Crippen molar-refractivity contribution in [1.82, 2.24) is 10.3 Å². The van der Waals surface area contributed by atoms with Crippen LogP contribution in [0.3, 0.4) is 0 Å². The maximum atomic E-state index is 5.94. The molecule has 1 saturated carbocycles. The molecule has 112 valence electrons. The molecule has 0 radical (unpaired) electrons. The zero-order chi connectivity index (χ0) is 13.7. The van der Waals surface area contributed by atoms with Gasteiger partial charge in [-0.25, -0.2) is 0 Å². The third-order valence-electron chi connectivity index (χ3n) is 5.37. The summed E-state index contributed by atoms with van der Waals surface area (Å²) in [5.74, 6) is 6.71. The first kappa shape index (κ1) is 15.2. The predicted molar refractivity (Wildman–Crippen MR) is 78.8 cm³/mol. The fourth-order valence-electron chi connectivity index (χ4n) is 4.03. The summed E-state index contributed by atoms with van der Waals surface area (Å²) in [6, 6.07) is 0.408. The van der Waals surface area contributed by atoms with Crippen molar-refractivity contribution >= 4 is 0 Å².